The molecule has 0 heterocycles. The van der Waals surface area contributed by atoms with Crippen LogP contribution in [0.1, 0.15) is 393 Å². The van der Waals surface area contributed by atoms with E-state index in [1.165, 1.54) is 276 Å². The van der Waals surface area contributed by atoms with Gasteiger partial charge in [-0.05, 0) is 89.9 Å². The molecule has 0 aromatic carbocycles. The van der Waals surface area contributed by atoms with Crippen LogP contribution in [0.3, 0.4) is 0 Å². The molecule has 83 heavy (non-hydrogen) atoms. The molecule has 0 fully saturated rings. The highest BCUT2D eigenvalue weighted by atomic mass is 16.6. The van der Waals surface area contributed by atoms with Gasteiger partial charge >= 0.3 is 17.9 Å². The minimum absolute atomic E-state index is 0.0709. The van der Waals surface area contributed by atoms with Crippen molar-refractivity contribution in [1.82, 2.24) is 0 Å². The summed E-state index contributed by atoms with van der Waals surface area (Å²) < 4.78 is 17.0. The normalized spacial score (nSPS) is 12.4. The number of hydrogen-bond donors (Lipinski definition) is 0. The van der Waals surface area contributed by atoms with Gasteiger partial charge in [-0.15, -0.1) is 0 Å². The van der Waals surface area contributed by atoms with Gasteiger partial charge in [0.15, 0.2) is 6.10 Å². The van der Waals surface area contributed by atoms with Gasteiger partial charge in [0.05, 0.1) is 0 Å². The van der Waals surface area contributed by atoms with Gasteiger partial charge in [0, 0.05) is 19.3 Å². The Labute approximate surface area is 517 Å². The Kier molecular flexibility index (Phi) is 69.1. The summed E-state index contributed by atoms with van der Waals surface area (Å²) in [4.78, 5) is 38.5. The molecule has 0 radical (unpaired) electrons. The highest BCUT2D eigenvalue weighted by molar-refractivity contribution is 5.71. The molecule has 1 unspecified atom stereocenters. The summed E-state index contributed by atoms with van der Waals surface area (Å²) in [5, 5.41) is 0. The summed E-state index contributed by atoms with van der Waals surface area (Å²) in [6, 6.07) is 0. The molecule has 0 aliphatic carbocycles. The molecule has 0 saturated carbocycles. The smallest absolute Gasteiger partial charge is 0.306 e. The largest absolute Gasteiger partial charge is 0.462 e. The van der Waals surface area contributed by atoms with Crippen molar-refractivity contribution in [3.63, 3.8) is 0 Å². The maximum atomic E-state index is 13.0. The highest BCUT2D eigenvalue weighted by Crippen LogP contribution is 2.18. The molecule has 0 aliphatic rings. The van der Waals surface area contributed by atoms with Crippen LogP contribution in [0.2, 0.25) is 0 Å². The van der Waals surface area contributed by atoms with Crippen LogP contribution in [-0.2, 0) is 28.6 Å². The first-order chi connectivity index (χ1) is 41.0. The number of carbonyl (C=O) groups excluding carboxylic acids is 3. The summed E-state index contributed by atoms with van der Waals surface area (Å²) in [7, 11) is 0. The van der Waals surface area contributed by atoms with Crippen molar-refractivity contribution >= 4 is 17.9 Å². The van der Waals surface area contributed by atoms with Crippen molar-refractivity contribution in [2.45, 2.75) is 399 Å². The lowest BCUT2D eigenvalue weighted by atomic mass is 10.0. The van der Waals surface area contributed by atoms with E-state index >= 15 is 0 Å². The Morgan fingerprint density at radius 1 is 0.241 bits per heavy atom. The zero-order valence-corrected chi connectivity index (χ0v) is 55.7. The van der Waals surface area contributed by atoms with Gasteiger partial charge in [-0.2, -0.15) is 0 Å². The van der Waals surface area contributed by atoms with Crippen molar-refractivity contribution < 1.29 is 28.6 Å². The summed E-state index contributed by atoms with van der Waals surface area (Å²) in [6.45, 7) is 6.68. The topological polar surface area (TPSA) is 78.9 Å². The third-order valence-electron chi connectivity index (χ3n) is 16.5. The fraction of sp³-hybridized carbons (Fsp3) is 0.831. The lowest BCUT2D eigenvalue weighted by Crippen LogP contribution is -2.30. The summed E-state index contributed by atoms with van der Waals surface area (Å²) in [5.74, 6) is -0.849. The first-order valence-corrected chi connectivity index (χ1v) is 36.8. The second-order valence-corrected chi connectivity index (χ2v) is 24.9. The van der Waals surface area contributed by atoms with Crippen LogP contribution in [-0.4, -0.2) is 37.2 Å². The van der Waals surface area contributed by atoms with Gasteiger partial charge in [-0.3, -0.25) is 14.4 Å². The molecule has 0 aromatic heterocycles. The Morgan fingerprint density at radius 3 is 0.675 bits per heavy atom. The molecule has 6 nitrogen and oxygen atoms in total. The molecule has 1 atom stereocenters. The van der Waals surface area contributed by atoms with Gasteiger partial charge in [0.2, 0.25) is 0 Å². The molecular formula is C77H140O6. The van der Waals surface area contributed by atoms with Crippen LogP contribution in [0.4, 0.5) is 0 Å². The van der Waals surface area contributed by atoms with E-state index in [9.17, 15) is 14.4 Å². The van der Waals surface area contributed by atoms with Gasteiger partial charge < -0.3 is 14.2 Å². The van der Waals surface area contributed by atoms with Crippen LogP contribution in [0, 0.1) is 0 Å². The van der Waals surface area contributed by atoms with Crippen LogP contribution >= 0.6 is 0 Å². The molecule has 0 N–H and O–H groups in total. The van der Waals surface area contributed by atoms with Crippen molar-refractivity contribution in [1.29, 1.82) is 0 Å². The van der Waals surface area contributed by atoms with E-state index in [4.69, 9.17) is 14.2 Å². The molecule has 0 saturated heterocycles. The van der Waals surface area contributed by atoms with Gasteiger partial charge in [0.1, 0.15) is 13.2 Å². The lowest BCUT2D eigenvalue weighted by Gasteiger charge is -2.18. The third kappa shape index (κ3) is 69.8. The highest BCUT2D eigenvalue weighted by Gasteiger charge is 2.19. The molecule has 484 valence electrons. The number of ether oxygens (including phenoxy) is 3. The molecule has 0 aromatic rings. The summed E-state index contributed by atoms with van der Waals surface area (Å²) in [6.07, 6.45) is 92.5. The number of carbonyl (C=O) groups is 3. The fourth-order valence-electron chi connectivity index (χ4n) is 11.0. The van der Waals surface area contributed by atoms with Crippen LogP contribution in [0.25, 0.3) is 0 Å². The summed E-state index contributed by atoms with van der Waals surface area (Å²) >= 11 is 0. The molecule has 0 aliphatic heterocycles. The molecule has 0 amide bonds. The van der Waals surface area contributed by atoms with E-state index in [1.54, 1.807) is 0 Å². The first-order valence-electron chi connectivity index (χ1n) is 36.8. The third-order valence-corrected chi connectivity index (χ3v) is 16.5. The van der Waals surface area contributed by atoms with Gasteiger partial charge in [0.25, 0.3) is 0 Å². The number of unbranched alkanes of at least 4 members (excludes halogenated alkanes) is 47. The number of rotatable bonds is 68. The Morgan fingerprint density at radius 2 is 0.434 bits per heavy atom. The van der Waals surface area contributed by atoms with E-state index in [1.807, 2.05) is 0 Å². The molecule has 0 bridgehead atoms. The Bertz CT molecular complexity index is 1470. The molecule has 6 heteroatoms. The van der Waals surface area contributed by atoms with Crippen molar-refractivity contribution in [3.8, 4) is 0 Å². The van der Waals surface area contributed by atoms with E-state index in [0.29, 0.717) is 19.3 Å². The Balaban J connectivity index is 4.24. The van der Waals surface area contributed by atoms with Gasteiger partial charge in [-0.25, -0.2) is 0 Å². The molecule has 0 spiro atoms. The fourth-order valence-corrected chi connectivity index (χ4v) is 11.0. The minimum atomic E-state index is -0.776. The van der Waals surface area contributed by atoms with E-state index in [2.05, 4.69) is 81.5 Å². The van der Waals surface area contributed by atoms with E-state index < -0.39 is 6.10 Å². The predicted molar refractivity (Wildman–Crippen MR) is 362 cm³/mol. The number of esters is 3. The zero-order valence-electron chi connectivity index (χ0n) is 55.7. The molecular weight excluding hydrogens is 1020 g/mol. The average Bonchev–Trinajstić information content (AvgIpc) is 3.49. The predicted octanol–water partition coefficient (Wildman–Crippen LogP) is 25.5. The number of hydrogen-bond acceptors (Lipinski definition) is 6. The zero-order chi connectivity index (χ0) is 59.9. The SMILES string of the molecule is CCCCCCC/C=C\C/C=C\C/C=C\CCCCCCCCCCCCC(=O)OC(COC(=O)CCCCCCCCCCCCCCC)COC(=O)CCCCCCCCCCCCCCCCC/C=C\C/C=C\CCCCCCC. The quantitative estimate of drug-likeness (QED) is 0.0261. The maximum Gasteiger partial charge on any atom is 0.306 e. The van der Waals surface area contributed by atoms with Crippen LogP contribution in [0.5, 0.6) is 0 Å². The van der Waals surface area contributed by atoms with Crippen molar-refractivity contribution in [2.24, 2.45) is 0 Å². The van der Waals surface area contributed by atoms with Crippen molar-refractivity contribution in [3.05, 3.63) is 60.8 Å². The maximum absolute atomic E-state index is 13.0. The second kappa shape index (κ2) is 71.6. The first kappa shape index (κ1) is 80.1. The minimum Gasteiger partial charge on any atom is -0.462 e. The van der Waals surface area contributed by atoms with Gasteiger partial charge in [-0.1, -0.05) is 345 Å². The Hall–Kier alpha value is -2.89. The van der Waals surface area contributed by atoms with E-state index in [0.717, 1.165) is 77.0 Å². The van der Waals surface area contributed by atoms with Crippen molar-refractivity contribution in [2.75, 3.05) is 13.2 Å². The second-order valence-electron chi connectivity index (χ2n) is 24.9. The monoisotopic (exact) mass is 1160 g/mol. The number of allylic oxidation sites excluding steroid dienone is 10. The van der Waals surface area contributed by atoms with E-state index in [-0.39, 0.29) is 31.1 Å². The van der Waals surface area contributed by atoms with Crippen LogP contribution in [0.15, 0.2) is 60.8 Å². The van der Waals surface area contributed by atoms with Crippen LogP contribution < -0.4 is 0 Å². The summed E-state index contributed by atoms with van der Waals surface area (Å²) in [5.41, 5.74) is 0. The average molecular weight is 1160 g/mol. The standard InChI is InChI=1S/C77H140O6/c1-4-7-10-13-16-19-22-25-27-29-31-33-35-37-38-40-41-43-45-47-49-52-55-58-61-64-67-70-76(79)82-73-74(72-81-75(78)69-66-63-60-57-54-51-24-21-18-15-12-9-6-3)83-77(80)71-68-65-62-59-56-53-50-48-46-44-42-39-36-34-32-30-28-26-23-20-17-14-11-8-5-2/h22-23,25-26,29-32,36,39,74H,4-21,24,27-28,33-35,37-38,40-73H2,1-3H3/b25-22-,26-23-,31-29-,32-30-,39-36-. The molecule has 0 rings (SSSR count). The lowest BCUT2D eigenvalue weighted by molar-refractivity contribution is -0.167.